The number of H-pyrrole nitrogens is 1. The largest absolute Gasteiger partial charge is 0.486 e. The first-order valence-corrected chi connectivity index (χ1v) is 9.67. The first-order valence-electron chi connectivity index (χ1n) is 9.67. The molecule has 3 heterocycles. The van der Waals surface area contributed by atoms with Gasteiger partial charge in [-0.15, -0.1) is 0 Å². The van der Waals surface area contributed by atoms with Crippen molar-refractivity contribution in [3.8, 4) is 5.75 Å². The van der Waals surface area contributed by atoms with Crippen molar-refractivity contribution in [2.45, 2.75) is 38.9 Å². The zero-order chi connectivity index (χ0) is 19.8. The molecular formula is C21H25N3O4. The summed E-state index contributed by atoms with van der Waals surface area (Å²) in [7, 11) is 0. The maximum atomic E-state index is 12.7. The number of rotatable bonds is 3. The summed E-state index contributed by atoms with van der Waals surface area (Å²) in [5.74, 6) is 1.09. The number of pyridine rings is 2. The molecular weight excluding hydrogens is 358 g/mol. The van der Waals surface area contributed by atoms with Crippen LogP contribution in [0.4, 0.5) is 0 Å². The van der Waals surface area contributed by atoms with E-state index in [0.29, 0.717) is 37.2 Å². The molecule has 7 heteroatoms. The lowest BCUT2D eigenvalue weighted by Gasteiger charge is -2.35. The molecule has 2 aliphatic rings. The Hall–Kier alpha value is -2.67. The third-order valence-electron chi connectivity index (χ3n) is 5.85. The molecule has 1 amide bonds. The van der Waals surface area contributed by atoms with Gasteiger partial charge in [0.15, 0.2) is 0 Å². The lowest BCUT2D eigenvalue weighted by molar-refractivity contribution is -0.0236. The van der Waals surface area contributed by atoms with E-state index in [2.05, 4.69) is 9.97 Å². The summed E-state index contributed by atoms with van der Waals surface area (Å²) in [5, 5.41) is 10.6. The van der Waals surface area contributed by atoms with E-state index in [1.807, 2.05) is 26.0 Å². The van der Waals surface area contributed by atoms with Crippen LogP contribution in [0.15, 0.2) is 35.3 Å². The quantitative estimate of drug-likeness (QED) is 0.841. The van der Waals surface area contributed by atoms with Crippen LogP contribution in [0.5, 0.6) is 5.75 Å². The Balaban J connectivity index is 1.45. The normalized spacial score (nSPS) is 26.8. The van der Waals surface area contributed by atoms with E-state index in [9.17, 15) is 14.7 Å². The standard InChI is InChI=1S/C21H25N3O4/c1-12-3-4-18(13(2)23-12)28-19-8-16-11-24(10-15(16)7-17(19)25)21(27)14-5-6-22-20(26)9-14/h3-6,9,15-17,19,25H,7-8,10-11H2,1-2H3,(H,22,26)/t15-,16+,17+,19+/m0/s1. The number of aromatic amines is 1. The molecule has 0 aromatic carbocycles. The van der Waals surface area contributed by atoms with Gasteiger partial charge in [-0.3, -0.25) is 14.6 Å². The number of nitrogens with one attached hydrogen (secondary N) is 1. The minimum atomic E-state index is -0.573. The Labute approximate surface area is 163 Å². The summed E-state index contributed by atoms with van der Waals surface area (Å²) in [4.78, 5) is 33.0. The van der Waals surface area contributed by atoms with Gasteiger partial charge in [0.1, 0.15) is 11.9 Å². The predicted molar refractivity (Wildman–Crippen MR) is 103 cm³/mol. The van der Waals surface area contributed by atoms with Crippen LogP contribution in [-0.4, -0.2) is 51.2 Å². The van der Waals surface area contributed by atoms with Crippen molar-refractivity contribution in [1.82, 2.24) is 14.9 Å². The van der Waals surface area contributed by atoms with Crippen LogP contribution in [0.25, 0.3) is 0 Å². The molecule has 2 fully saturated rings. The molecule has 1 aliphatic carbocycles. The Morgan fingerprint density at radius 2 is 1.96 bits per heavy atom. The number of amides is 1. The number of aliphatic hydroxyl groups excluding tert-OH is 1. The fourth-order valence-electron chi connectivity index (χ4n) is 4.40. The van der Waals surface area contributed by atoms with Gasteiger partial charge in [0.2, 0.25) is 5.56 Å². The third kappa shape index (κ3) is 3.67. The minimum Gasteiger partial charge on any atom is -0.486 e. The number of carbonyl (C=O) groups excluding carboxylic acids is 1. The van der Waals surface area contributed by atoms with E-state index < -0.39 is 6.10 Å². The maximum Gasteiger partial charge on any atom is 0.254 e. The number of likely N-dealkylation sites (tertiary alicyclic amines) is 1. The Morgan fingerprint density at radius 1 is 1.21 bits per heavy atom. The second-order valence-corrected chi connectivity index (χ2v) is 7.90. The van der Waals surface area contributed by atoms with Crippen molar-refractivity contribution in [3.05, 3.63) is 57.8 Å². The molecule has 0 spiro atoms. The second kappa shape index (κ2) is 7.39. The Bertz CT molecular complexity index is 941. The van der Waals surface area contributed by atoms with Gasteiger partial charge < -0.3 is 19.7 Å². The van der Waals surface area contributed by atoms with Gasteiger partial charge in [-0.1, -0.05) is 0 Å². The van der Waals surface area contributed by atoms with E-state index >= 15 is 0 Å². The van der Waals surface area contributed by atoms with Crippen LogP contribution in [-0.2, 0) is 0 Å². The lowest BCUT2D eigenvalue weighted by Crippen LogP contribution is -2.42. The highest BCUT2D eigenvalue weighted by Crippen LogP contribution is 2.38. The monoisotopic (exact) mass is 383 g/mol. The Kier molecular flexibility index (Phi) is 4.93. The van der Waals surface area contributed by atoms with Gasteiger partial charge in [0, 0.05) is 36.6 Å². The summed E-state index contributed by atoms with van der Waals surface area (Å²) >= 11 is 0. The molecule has 2 N–H and O–H groups in total. The molecule has 0 unspecified atom stereocenters. The molecule has 0 radical (unpaired) electrons. The molecule has 4 atom stereocenters. The van der Waals surface area contributed by atoms with E-state index in [1.165, 1.54) is 12.3 Å². The summed E-state index contributed by atoms with van der Waals surface area (Å²) in [6.07, 6.45) is 1.91. The zero-order valence-corrected chi connectivity index (χ0v) is 16.1. The third-order valence-corrected chi connectivity index (χ3v) is 5.85. The van der Waals surface area contributed by atoms with Gasteiger partial charge >= 0.3 is 0 Å². The molecule has 4 rings (SSSR count). The highest BCUT2D eigenvalue weighted by molar-refractivity contribution is 5.94. The number of ether oxygens (including phenoxy) is 1. The molecule has 2 aromatic rings. The maximum absolute atomic E-state index is 12.7. The number of fused-ring (bicyclic) bond motifs is 1. The molecule has 1 saturated heterocycles. The van der Waals surface area contributed by atoms with Crippen LogP contribution >= 0.6 is 0 Å². The molecule has 7 nitrogen and oxygen atoms in total. The summed E-state index contributed by atoms with van der Waals surface area (Å²) in [5.41, 5.74) is 1.86. The molecule has 2 aromatic heterocycles. The van der Waals surface area contributed by atoms with Gasteiger partial charge in [0.05, 0.1) is 11.8 Å². The van der Waals surface area contributed by atoms with Crippen LogP contribution in [0.3, 0.4) is 0 Å². The first-order chi connectivity index (χ1) is 13.4. The lowest BCUT2D eigenvalue weighted by atomic mass is 9.78. The van der Waals surface area contributed by atoms with Crippen LogP contribution < -0.4 is 10.3 Å². The number of hydrogen-bond acceptors (Lipinski definition) is 5. The van der Waals surface area contributed by atoms with E-state index in [1.54, 1.807) is 11.0 Å². The summed E-state index contributed by atoms with van der Waals surface area (Å²) in [6.45, 7) is 5.05. The Morgan fingerprint density at radius 3 is 2.68 bits per heavy atom. The fraction of sp³-hybridized carbons (Fsp3) is 0.476. The van der Waals surface area contributed by atoms with E-state index in [-0.39, 0.29) is 29.4 Å². The highest BCUT2D eigenvalue weighted by atomic mass is 16.5. The number of aryl methyl sites for hydroxylation is 2. The van der Waals surface area contributed by atoms with Crippen molar-refractivity contribution in [2.75, 3.05) is 13.1 Å². The van der Waals surface area contributed by atoms with E-state index in [0.717, 1.165) is 11.4 Å². The molecule has 0 bridgehead atoms. The first kappa shape index (κ1) is 18.7. The number of carbonyl (C=O) groups is 1. The summed E-state index contributed by atoms with van der Waals surface area (Å²) in [6, 6.07) is 6.75. The number of hydrogen-bond donors (Lipinski definition) is 2. The van der Waals surface area contributed by atoms with Crippen LogP contribution in [0.1, 0.15) is 34.6 Å². The molecule has 1 aliphatic heterocycles. The topological polar surface area (TPSA) is 95.5 Å². The second-order valence-electron chi connectivity index (χ2n) is 7.90. The van der Waals surface area contributed by atoms with Gasteiger partial charge in [-0.05, 0) is 56.7 Å². The van der Waals surface area contributed by atoms with Gasteiger partial charge in [0.25, 0.3) is 5.91 Å². The number of aromatic nitrogens is 2. The van der Waals surface area contributed by atoms with Crippen molar-refractivity contribution >= 4 is 5.91 Å². The average Bonchev–Trinajstić information content (AvgIpc) is 3.06. The van der Waals surface area contributed by atoms with Crippen molar-refractivity contribution in [2.24, 2.45) is 11.8 Å². The molecule has 28 heavy (non-hydrogen) atoms. The number of aliphatic hydroxyl groups is 1. The molecule has 148 valence electrons. The van der Waals surface area contributed by atoms with E-state index in [4.69, 9.17) is 4.74 Å². The zero-order valence-electron chi connectivity index (χ0n) is 16.1. The minimum absolute atomic E-state index is 0.133. The van der Waals surface area contributed by atoms with Crippen molar-refractivity contribution in [1.29, 1.82) is 0 Å². The van der Waals surface area contributed by atoms with Crippen molar-refractivity contribution in [3.63, 3.8) is 0 Å². The smallest absolute Gasteiger partial charge is 0.254 e. The van der Waals surface area contributed by atoms with Crippen LogP contribution in [0, 0.1) is 25.7 Å². The summed E-state index contributed by atoms with van der Waals surface area (Å²) < 4.78 is 6.10. The van der Waals surface area contributed by atoms with Crippen molar-refractivity contribution < 1.29 is 14.6 Å². The average molecular weight is 383 g/mol. The number of nitrogens with zero attached hydrogens (tertiary/aromatic N) is 2. The van der Waals surface area contributed by atoms with Gasteiger partial charge in [-0.2, -0.15) is 0 Å². The fourth-order valence-corrected chi connectivity index (χ4v) is 4.40. The molecule has 1 saturated carbocycles. The van der Waals surface area contributed by atoms with Gasteiger partial charge in [-0.25, -0.2) is 0 Å². The SMILES string of the molecule is Cc1ccc(O[C@@H]2C[C@@H]3CN(C(=O)c4cc[nH]c(=O)c4)C[C@@H]3C[C@H]2O)c(C)n1. The van der Waals surface area contributed by atoms with Crippen LogP contribution in [0.2, 0.25) is 0 Å². The highest BCUT2D eigenvalue weighted by Gasteiger charge is 2.44. The predicted octanol–water partition coefficient (Wildman–Crippen LogP) is 1.68.